The largest absolute Gasteiger partial charge is 0.327 e. The molecule has 1 aliphatic rings. The van der Waals surface area contributed by atoms with Gasteiger partial charge in [0.25, 0.3) is 11.8 Å². The van der Waals surface area contributed by atoms with Crippen molar-refractivity contribution < 1.29 is 14.5 Å². The lowest BCUT2D eigenvalue weighted by atomic mass is 10.1. The molecule has 0 bridgehead atoms. The highest BCUT2D eigenvalue weighted by Gasteiger charge is 2.31. The first-order chi connectivity index (χ1) is 13.1. The van der Waals surface area contributed by atoms with Gasteiger partial charge in [-0.3, -0.25) is 9.59 Å². The van der Waals surface area contributed by atoms with E-state index < -0.39 is 0 Å². The summed E-state index contributed by atoms with van der Waals surface area (Å²) in [6.07, 6.45) is 0. The first kappa shape index (κ1) is 18.6. The molecule has 2 amide bonds. The number of nitrogens with zero attached hydrogens (tertiary/aromatic N) is 2. The number of hydrogen-bond donors (Lipinski definition) is 2. The molecule has 2 N–H and O–H groups in total. The minimum Gasteiger partial charge on any atom is -0.327 e. The van der Waals surface area contributed by atoms with Crippen molar-refractivity contribution in [1.29, 1.82) is 5.26 Å². The summed E-state index contributed by atoms with van der Waals surface area (Å²) in [7, 11) is 0. The molecule has 1 aliphatic heterocycles. The molecule has 0 saturated carbocycles. The first-order valence-corrected chi connectivity index (χ1v) is 9.08. The molecule has 0 spiro atoms. The van der Waals surface area contributed by atoms with E-state index in [4.69, 9.17) is 5.26 Å². The lowest BCUT2D eigenvalue weighted by Crippen LogP contribution is -3.19. The average molecular weight is 363 g/mol. The Morgan fingerprint density at radius 3 is 2.30 bits per heavy atom. The number of rotatable bonds is 4. The number of carbonyl (C=O) groups excluding carboxylic acids is 2. The summed E-state index contributed by atoms with van der Waals surface area (Å²) in [5, 5.41) is 11.7. The fourth-order valence-electron chi connectivity index (χ4n) is 3.26. The van der Waals surface area contributed by atoms with Crippen molar-refractivity contribution in [3.05, 3.63) is 65.7 Å². The van der Waals surface area contributed by atoms with Crippen LogP contribution in [0.4, 0.5) is 5.69 Å². The molecule has 0 unspecified atom stereocenters. The van der Waals surface area contributed by atoms with Crippen LogP contribution in [0.5, 0.6) is 0 Å². The molecule has 1 saturated heterocycles. The van der Waals surface area contributed by atoms with Crippen LogP contribution >= 0.6 is 0 Å². The van der Waals surface area contributed by atoms with E-state index >= 15 is 0 Å². The summed E-state index contributed by atoms with van der Waals surface area (Å²) in [4.78, 5) is 28.1. The molecular weight excluding hydrogens is 340 g/mol. The standard InChI is InChI=1S/C21H22N4O2/c1-16(20(26)23-19-9-7-17(15-22)8-10-19)24-11-13-25(14-12-24)21(27)18-5-3-2-4-6-18/h2-10,16H,11-14H2,1H3,(H,23,26)/p+1/t16-/m1/s1. The van der Waals surface area contributed by atoms with E-state index in [2.05, 4.69) is 11.4 Å². The lowest BCUT2D eigenvalue weighted by molar-refractivity contribution is -0.917. The summed E-state index contributed by atoms with van der Waals surface area (Å²) in [6, 6.07) is 18.0. The molecule has 6 nitrogen and oxygen atoms in total. The fourth-order valence-corrected chi connectivity index (χ4v) is 3.26. The molecular formula is C21H23N4O2+. The van der Waals surface area contributed by atoms with Crippen molar-refractivity contribution in [2.75, 3.05) is 31.5 Å². The third-order valence-electron chi connectivity index (χ3n) is 5.00. The second-order valence-corrected chi connectivity index (χ2v) is 6.72. The quantitative estimate of drug-likeness (QED) is 0.848. The summed E-state index contributed by atoms with van der Waals surface area (Å²) in [5.74, 6) is -0.0121. The topological polar surface area (TPSA) is 77.6 Å². The van der Waals surface area contributed by atoms with Crippen LogP contribution in [-0.4, -0.2) is 48.9 Å². The molecule has 2 aromatic rings. The van der Waals surface area contributed by atoms with Crippen LogP contribution in [0.1, 0.15) is 22.8 Å². The Kier molecular flexibility index (Phi) is 5.84. The highest BCUT2D eigenvalue weighted by molar-refractivity contribution is 5.94. The van der Waals surface area contributed by atoms with Crippen LogP contribution < -0.4 is 10.2 Å². The van der Waals surface area contributed by atoms with Crippen molar-refractivity contribution in [2.45, 2.75) is 13.0 Å². The molecule has 0 radical (unpaired) electrons. The molecule has 6 heteroatoms. The first-order valence-electron chi connectivity index (χ1n) is 9.08. The van der Waals surface area contributed by atoms with Crippen molar-refractivity contribution in [3.63, 3.8) is 0 Å². The molecule has 0 aliphatic carbocycles. The number of nitrogens with one attached hydrogen (secondary N) is 2. The maximum absolute atomic E-state index is 12.5. The number of anilines is 1. The molecule has 0 aromatic heterocycles. The molecule has 138 valence electrons. The van der Waals surface area contributed by atoms with Gasteiger partial charge in [-0.05, 0) is 43.3 Å². The van der Waals surface area contributed by atoms with E-state index in [0.717, 1.165) is 13.1 Å². The summed E-state index contributed by atoms with van der Waals surface area (Å²) < 4.78 is 0. The van der Waals surface area contributed by atoms with Gasteiger partial charge in [-0.1, -0.05) is 18.2 Å². The minimum absolute atomic E-state index is 0.0457. The van der Waals surface area contributed by atoms with Gasteiger partial charge >= 0.3 is 0 Å². The number of hydrogen-bond acceptors (Lipinski definition) is 3. The number of carbonyl (C=O) groups is 2. The summed E-state index contributed by atoms with van der Waals surface area (Å²) >= 11 is 0. The van der Waals surface area contributed by atoms with Crippen molar-refractivity contribution in [1.82, 2.24) is 4.90 Å². The van der Waals surface area contributed by atoms with E-state index in [1.807, 2.05) is 42.2 Å². The Morgan fingerprint density at radius 2 is 1.70 bits per heavy atom. The van der Waals surface area contributed by atoms with Gasteiger partial charge in [0, 0.05) is 11.3 Å². The van der Waals surface area contributed by atoms with Gasteiger partial charge in [-0.2, -0.15) is 5.26 Å². The Labute approximate surface area is 159 Å². The Morgan fingerprint density at radius 1 is 1.07 bits per heavy atom. The SMILES string of the molecule is C[C@H](C(=O)Nc1ccc(C#N)cc1)[NH+]1CCN(C(=O)c2ccccc2)CC1. The zero-order chi connectivity index (χ0) is 19.2. The molecule has 3 rings (SSSR count). The van der Waals surface area contributed by atoms with Gasteiger partial charge < -0.3 is 15.1 Å². The second-order valence-electron chi connectivity index (χ2n) is 6.72. The van der Waals surface area contributed by atoms with E-state index in [1.54, 1.807) is 24.3 Å². The fraction of sp³-hybridized carbons (Fsp3) is 0.286. The zero-order valence-electron chi connectivity index (χ0n) is 15.3. The van der Waals surface area contributed by atoms with Crippen LogP contribution in [0.25, 0.3) is 0 Å². The van der Waals surface area contributed by atoms with Crippen molar-refractivity contribution in [3.8, 4) is 6.07 Å². The van der Waals surface area contributed by atoms with E-state index in [0.29, 0.717) is 29.9 Å². The summed E-state index contributed by atoms with van der Waals surface area (Å²) in [6.45, 7) is 4.65. The molecule has 2 aromatic carbocycles. The molecule has 27 heavy (non-hydrogen) atoms. The van der Waals surface area contributed by atoms with Gasteiger partial charge in [-0.15, -0.1) is 0 Å². The lowest BCUT2D eigenvalue weighted by Gasteiger charge is -2.34. The van der Waals surface area contributed by atoms with Crippen LogP contribution in [0, 0.1) is 11.3 Å². The highest BCUT2D eigenvalue weighted by Crippen LogP contribution is 2.09. The number of quaternary nitrogens is 1. The normalized spacial score (nSPS) is 15.6. The minimum atomic E-state index is -0.213. The molecule has 1 heterocycles. The van der Waals surface area contributed by atoms with Gasteiger partial charge in [0.05, 0.1) is 37.8 Å². The smallest absolute Gasteiger partial charge is 0.282 e. The van der Waals surface area contributed by atoms with Crippen LogP contribution in [0.15, 0.2) is 54.6 Å². The van der Waals surface area contributed by atoms with Crippen LogP contribution in [0.2, 0.25) is 0 Å². The number of benzene rings is 2. The Hall–Kier alpha value is -3.17. The predicted molar refractivity (Wildman–Crippen MR) is 102 cm³/mol. The van der Waals surface area contributed by atoms with E-state index in [1.165, 1.54) is 4.90 Å². The van der Waals surface area contributed by atoms with Crippen molar-refractivity contribution in [2.24, 2.45) is 0 Å². The summed E-state index contributed by atoms with van der Waals surface area (Å²) in [5.41, 5.74) is 1.95. The number of amides is 2. The number of piperazine rings is 1. The molecule has 1 atom stereocenters. The number of nitriles is 1. The highest BCUT2D eigenvalue weighted by atomic mass is 16.2. The third kappa shape index (κ3) is 4.52. The average Bonchev–Trinajstić information content (AvgIpc) is 2.74. The van der Waals surface area contributed by atoms with Crippen LogP contribution in [-0.2, 0) is 4.79 Å². The molecule has 1 fully saturated rings. The Balaban J connectivity index is 1.53. The third-order valence-corrected chi connectivity index (χ3v) is 5.00. The van der Waals surface area contributed by atoms with Gasteiger partial charge in [-0.25, -0.2) is 0 Å². The van der Waals surface area contributed by atoms with E-state index in [9.17, 15) is 9.59 Å². The van der Waals surface area contributed by atoms with Crippen LogP contribution in [0.3, 0.4) is 0 Å². The Bertz CT molecular complexity index is 835. The van der Waals surface area contributed by atoms with Gasteiger partial charge in [0.2, 0.25) is 0 Å². The maximum atomic E-state index is 12.5. The van der Waals surface area contributed by atoms with Gasteiger partial charge in [0.15, 0.2) is 6.04 Å². The zero-order valence-corrected chi connectivity index (χ0v) is 15.3. The maximum Gasteiger partial charge on any atom is 0.282 e. The monoisotopic (exact) mass is 363 g/mol. The van der Waals surface area contributed by atoms with Gasteiger partial charge in [0.1, 0.15) is 0 Å². The van der Waals surface area contributed by atoms with E-state index in [-0.39, 0.29) is 17.9 Å². The predicted octanol–water partition coefficient (Wildman–Crippen LogP) is 0.926. The second kappa shape index (κ2) is 8.47. The van der Waals surface area contributed by atoms with Crippen molar-refractivity contribution >= 4 is 17.5 Å².